The highest BCUT2D eigenvalue weighted by molar-refractivity contribution is 9.10. The molecule has 2 aromatic heterocycles. The lowest BCUT2D eigenvalue weighted by Gasteiger charge is -2.32. The van der Waals surface area contributed by atoms with Crippen LogP contribution in [0, 0.1) is 0 Å². The van der Waals surface area contributed by atoms with Gasteiger partial charge in [-0.05, 0) is 34.1 Å². The SMILES string of the molecule is O=c1ccc(-c2cccc(Cl)c2)nn1C[C@@H]1CN(c2ncc(Br)cn2)CCO1. The van der Waals surface area contributed by atoms with Crippen LogP contribution in [0.2, 0.25) is 5.02 Å². The molecule has 0 unspecified atom stereocenters. The van der Waals surface area contributed by atoms with E-state index >= 15 is 0 Å². The smallest absolute Gasteiger partial charge is 0.266 e. The maximum atomic E-state index is 12.3. The molecular weight excluding hydrogens is 446 g/mol. The lowest BCUT2D eigenvalue weighted by atomic mass is 10.1. The molecule has 0 spiro atoms. The first-order chi connectivity index (χ1) is 13.6. The van der Waals surface area contributed by atoms with Crippen molar-refractivity contribution in [1.29, 1.82) is 0 Å². The van der Waals surface area contributed by atoms with E-state index in [1.54, 1.807) is 24.5 Å². The summed E-state index contributed by atoms with van der Waals surface area (Å²) in [7, 11) is 0. The molecule has 0 saturated carbocycles. The molecule has 3 heterocycles. The summed E-state index contributed by atoms with van der Waals surface area (Å²) in [5.41, 5.74) is 1.37. The van der Waals surface area contributed by atoms with Gasteiger partial charge in [0.15, 0.2) is 0 Å². The van der Waals surface area contributed by atoms with Gasteiger partial charge < -0.3 is 9.64 Å². The van der Waals surface area contributed by atoms with Crippen molar-refractivity contribution in [2.45, 2.75) is 12.6 Å². The molecule has 28 heavy (non-hydrogen) atoms. The number of rotatable bonds is 4. The fourth-order valence-corrected chi connectivity index (χ4v) is 3.45. The predicted molar refractivity (Wildman–Crippen MR) is 111 cm³/mol. The summed E-state index contributed by atoms with van der Waals surface area (Å²) in [4.78, 5) is 23.0. The van der Waals surface area contributed by atoms with Crippen LogP contribution in [0.25, 0.3) is 11.3 Å². The van der Waals surface area contributed by atoms with Gasteiger partial charge in [0.05, 0.1) is 29.4 Å². The number of benzene rings is 1. The third kappa shape index (κ3) is 4.40. The zero-order chi connectivity index (χ0) is 19.5. The van der Waals surface area contributed by atoms with Crippen LogP contribution in [-0.2, 0) is 11.3 Å². The normalized spacial score (nSPS) is 16.9. The van der Waals surface area contributed by atoms with Gasteiger partial charge in [-0.3, -0.25) is 4.79 Å². The maximum absolute atomic E-state index is 12.3. The Bertz CT molecular complexity index is 1030. The highest BCUT2D eigenvalue weighted by atomic mass is 79.9. The predicted octanol–water partition coefficient (Wildman–Crippen LogP) is 3.02. The number of ether oxygens (including phenoxy) is 1. The molecule has 0 aliphatic carbocycles. The molecule has 1 atom stereocenters. The highest BCUT2D eigenvalue weighted by Gasteiger charge is 2.23. The summed E-state index contributed by atoms with van der Waals surface area (Å²) >= 11 is 9.41. The van der Waals surface area contributed by atoms with Crippen LogP contribution in [0.1, 0.15) is 0 Å². The molecule has 144 valence electrons. The van der Waals surface area contributed by atoms with Crippen molar-refractivity contribution in [3.8, 4) is 11.3 Å². The number of aromatic nitrogens is 4. The zero-order valence-electron chi connectivity index (χ0n) is 14.8. The van der Waals surface area contributed by atoms with Crippen LogP contribution in [-0.4, -0.2) is 45.5 Å². The van der Waals surface area contributed by atoms with Crippen LogP contribution in [0.5, 0.6) is 0 Å². The second-order valence-corrected chi connectivity index (χ2v) is 7.74. The molecule has 1 saturated heterocycles. The first-order valence-corrected chi connectivity index (χ1v) is 9.94. The van der Waals surface area contributed by atoms with Crippen LogP contribution >= 0.6 is 27.5 Å². The summed E-state index contributed by atoms with van der Waals surface area (Å²) < 4.78 is 8.12. The van der Waals surface area contributed by atoms with Gasteiger partial charge >= 0.3 is 0 Å². The van der Waals surface area contributed by atoms with Crippen molar-refractivity contribution in [1.82, 2.24) is 19.7 Å². The number of hydrogen-bond acceptors (Lipinski definition) is 6. The summed E-state index contributed by atoms with van der Waals surface area (Å²) in [5.74, 6) is 0.643. The summed E-state index contributed by atoms with van der Waals surface area (Å²) in [6.07, 6.45) is 3.24. The lowest BCUT2D eigenvalue weighted by Crippen LogP contribution is -2.46. The molecular formula is C19H17BrClN5O2. The van der Waals surface area contributed by atoms with Gasteiger partial charge in [0, 0.05) is 42.1 Å². The fourth-order valence-electron chi connectivity index (χ4n) is 3.05. The van der Waals surface area contributed by atoms with Crippen molar-refractivity contribution in [3.05, 3.63) is 68.6 Å². The maximum Gasteiger partial charge on any atom is 0.266 e. The summed E-state index contributed by atoms with van der Waals surface area (Å²) in [6.45, 7) is 2.16. The van der Waals surface area contributed by atoms with Crippen molar-refractivity contribution in [3.63, 3.8) is 0 Å². The van der Waals surface area contributed by atoms with Crippen LogP contribution in [0.3, 0.4) is 0 Å². The number of morpholine rings is 1. The van der Waals surface area contributed by atoms with E-state index in [0.29, 0.717) is 42.9 Å². The number of halogens is 2. The molecule has 1 aliphatic rings. The first-order valence-electron chi connectivity index (χ1n) is 8.77. The second-order valence-electron chi connectivity index (χ2n) is 6.39. The third-order valence-electron chi connectivity index (χ3n) is 4.39. The fraction of sp³-hybridized carbons (Fsp3) is 0.263. The average molecular weight is 463 g/mol. The minimum atomic E-state index is -0.194. The Hall–Kier alpha value is -2.29. The van der Waals surface area contributed by atoms with Crippen molar-refractivity contribution < 1.29 is 4.74 Å². The van der Waals surface area contributed by atoms with E-state index in [1.807, 2.05) is 23.1 Å². The Morgan fingerprint density at radius 1 is 1.21 bits per heavy atom. The Morgan fingerprint density at radius 3 is 2.82 bits per heavy atom. The van der Waals surface area contributed by atoms with Gasteiger partial charge in [0.25, 0.3) is 5.56 Å². The Morgan fingerprint density at radius 2 is 2.04 bits per heavy atom. The van der Waals surface area contributed by atoms with E-state index in [4.69, 9.17) is 16.3 Å². The van der Waals surface area contributed by atoms with Crippen molar-refractivity contribution in [2.24, 2.45) is 0 Å². The highest BCUT2D eigenvalue weighted by Crippen LogP contribution is 2.20. The number of nitrogens with zero attached hydrogens (tertiary/aromatic N) is 5. The van der Waals surface area contributed by atoms with Gasteiger partial charge in [0.2, 0.25) is 5.95 Å². The van der Waals surface area contributed by atoms with Crippen LogP contribution in [0.4, 0.5) is 5.95 Å². The molecule has 0 bridgehead atoms. The Kier molecular flexibility index (Phi) is 5.70. The van der Waals surface area contributed by atoms with Crippen LogP contribution in [0.15, 0.2) is 58.1 Å². The van der Waals surface area contributed by atoms with Gasteiger partial charge in [-0.2, -0.15) is 5.10 Å². The Balaban J connectivity index is 1.52. The molecule has 4 rings (SSSR count). The monoisotopic (exact) mass is 461 g/mol. The number of hydrogen-bond donors (Lipinski definition) is 0. The van der Waals surface area contributed by atoms with E-state index in [-0.39, 0.29) is 11.7 Å². The van der Waals surface area contributed by atoms with E-state index in [1.165, 1.54) is 10.7 Å². The van der Waals surface area contributed by atoms with E-state index in [0.717, 1.165) is 10.0 Å². The van der Waals surface area contributed by atoms with Crippen molar-refractivity contribution in [2.75, 3.05) is 24.6 Å². The molecule has 1 aromatic carbocycles. The van der Waals surface area contributed by atoms with E-state index in [2.05, 4.69) is 31.0 Å². The molecule has 7 nitrogen and oxygen atoms in total. The minimum Gasteiger partial charge on any atom is -0.373 e. The van der Waals surface area contributed by atoms with Gasteiger partial charge in [0.1, 0.15) is 0 Å². The molecule has 1 fully saturated rings. The number of anilines is 1. The largest absolute Gasteiger partial charge is 0.373 e. The molecule has 1 aliphatic heterocycles. The molecule has 9 heteroatoms. The lowest BCUT2D eigenvalue weighted by molar-refractivity contribution is 0.0260. The average Bonchev–Trinajstić information content (AvgIpc) is 2.70. The van der Waals surface area contributed by atoms with Gasteiger partial charge in [-0.25, -0.2) is 14.6 Å². The zero-order valence-corrected chi connectivity index (χ0v) is 17.2. The van der Waals surface area contributed by atoms with E-state index < -0.39 is 0 Å². The first kappa shape index (κ1) is 19.0. The minimum absolute atomic E-state index is 0.175. The Labute approximate surface area is 175 Å². The van der Waals surface area contributed by atoms with E-state index in [9.17, 15) is 4.79 Å². The standard InChI is InChI=1S/C19H17BrClN5O2/c20-14-9-22-19(23-10-14)25-6-7-28-16(11-25)12-26-18(27)5-4-17(24-26)13-2-1-3-15(21)8-13/h1-5,8-10,16H,6-7,11-12H2/t16-/m0/s1. The molecule has 3 aromatic rings. The summed E-state index contributed by atoms with van der Waals surface area (Å²) in [5, 5.41) is 5.12. The molecule has 0 N–H and O–H groups in total. The van der Waals surface area contributed by atoms with Crippen LogP contribution < -0.4 is 10.5 Å². The topological polar surface area (TPSA) is 73.1 Å². The van der Waals surface area contributed by atoms with Crippen molar-refractivity contribution >= 4 is 33.5 Å². The second kappa shape index (κ2) is 8.38. The molecule has 0 amide bonds. The third-order valence-corrected chi connectivity index (χ3v) is 5.04. The summed E-state index contributed by atoms with van der Waals surface area (Å²) in [6, 6.07) is 10.6. The quantitative estimate of drug-likeness (QED) is 0.593. The molecule has 0 radical (unpaired) electrons. The van der Waals surface area contributed by atoms with Gasteiger partial charge in [-0.15, -0.1) is 0 Å². The van der Waals surface area contributed by atoms with Gasteiger partial charge in [-0.1, -0.05) is 23.7 Å².